The molecule has 6 nitrogen and oxygen atoms in total. The maximum Gasteiger partial charge on any atom is 0.306 e. The minimum atomic E-state index is -0.771. The predicted molar refractivity (Wildman–Crippen MR) is 316 cm³/mol. The second-order valence-electron chi connectivity index (χ2n) is 21.7. The first-order valence-corrected chi connectivity index (χ1v) is 32.1. The molecule has 0 radical (unpaired) electrons. The van der Waals surface area contributed by atoms with Crippen molar-refractivity contribution in [3.05, 3.63) is 48.6 Å². The normalized spacial score (nSPS) is 12.3. The van der Waals surface area contributed by atoms with Crippen LogP contribution in [0.1, 0.15) is 342 Å². The zero-order valence-corrected chi connectivity index (χ0v) is 48.9. The van der Waals surface area contributed by atoms with E-state index in [1.807, 2.05) is 0 Å². The fraction of sp³-hybridized carbons (Fsp3) is 0.836. The third kappa shape index (κ3) is 60.1. The number of esters is 3. The SMILES string of the molecule is CC/C=C\C/C=C\C/C=C\C/C=C\CCCCCCCCCCCCC(=O)OCC(COC(=O)CCCCCCCCCCCCCCCC)OC(=O)CCCCCCCCCCCCCCCCCCCC. The summed E-state index contributed by atoms with van der Waals surface area (Å²) in [5.41, 5.74) is 0. The van der Waals surface area contributed by atoms with Crippen molar-refractivity contribution in [1.82, 2.24) is 0 Å². The van der Waals surface area contributed by atoms with Crippen molar-refractivity contribution in [3.8, 4) is 0 Å². The lowest BCUT2D eigenvalue weighted by Crippen LogP contribution is -2.30. The Balaban J connectivity index is 4.30. The Labute approximate surface area is 454 Å². The highest BCUT2D eigenvalue weighted by atomic mass is 16.6. The highest BCUT2D eigenvalue weighted by Crippen LogP contribution is 2.18. The molecule has 0 aromatic carbocycles. The molecule has 1 atom stereocenters. The molecular weight excluding hydrogens is 901 g/mol. The molecule has 73 heavy (non-hydrogen) atoms. The minimum absolute atomic E-state index is 0.0686. The van der Waals surface area contributed by atoms with Gasteiger partial charge in [0.15, 0.2) is 6.10 Å². The minimum Gasteiger partial charge on any atom is -0.462 e. The Morgan fingerprint density at radius 1 is 0.288 bits per heavy atom. The summed E-state index contributed by atoms with van der Waals surface area (Å²) >= 11 is 0. The highest BCUT2D eigenvalue weighted by Gasteiger charge is 2.19. The van der Waals surface area contributed by atoms with Gasteiger partial charge in [-0.25, -0.2) is 0 Å². The molecule has 0 fully saturated rings. The van der Waals surface area contributed by atoms with E-state index in [1.54, 1.807) is 0 Å². The van der Waals surface area contributed by atoms with Crippen LogP contribution in [-0.4, -0.2) is 37.2 Å². The molecule has 0 saturated heterocycles. The van der Waals surface area contributed by atoms with Gasteiger partial charge in [0.2, 0.25) is 0 Å². The number of allylic oxidation sites excluding steroid dienone is 8. The van der Waals surface area contributed by atoms with Crippen LogP contribution in [-0.2, 0) is 28.6 Å². The van der Waals surface area contributed by atoms with Crippen LogP contribution in [0.3, 0.4) is 0 Å². The fourth-order valence-electron chi connectivity index (χ4n) is 9.56. The van der Waals surface area contributed by atoms with Crippen molar-refractivity contribution in [1.29, 1.82) is 0 Å². The van der Waals surface area contributed by atoms with E-state index in [4.69, 9.17) is 14.2 Å². The molecule has 6 heteroatoms. The summed E-state index contributed by atoms with van der Waals surface area (Å²) in [5.74, 6) is -0.849. The van der Waals surface area contributed by atoms with Gasteiger partial charge in [-0.1, -0.05) is 313 Å². The van der Waals surface area contributed by atoms with Crippen molar-refractivity contribution in [2.75, 3.05) is 13.2 Å². The zero-order chi connectivity index (χ0) is 52.9. The highest BCUT2D eigenvalue weighted by molar-refractivity contribution is 5.71. The lowest BCUT2D eigenvalue weighted by Gasteiger charge is -2.18. The van der Waals surface area contributed by atoms with Gasteiger partial charge in [0.25, 0.3) is 0 Å². The topological polar surface area (TPSA) is 78.9 Å². The van der Waals surface area contributed by atoms with Crippen molar-refractivity contribution in [2.24, 2.45) is 0 Å². The first kappa shape index (κ1) is 70.4. The van der Waals surface area contributed by atoms with Crippen molar-refractivity contribution in [3.63, 3.8) is 0 Å². The number of carbonyl (C=O) groups is 3. The molecule has 1 unspecified atom stereocenters. The van der Waals surface area contributed by atoms with E-state index < -0.39 is 6.10 Å². The first-order chi connectivity index (χ1) is 36.0. The van der Waals surface area contributed by atoms with E-state index in [2.05, 4.69) is 69.4 Å². The Kier molecular flexibility index (Phi) is 59.7. The number of rotatable bonds is 59. The van der Waals surface area contributed by atoms with Crippen LogP contribution < -0.4 is 0 Å². The summed E-state index contributed by atoms with van der Waals surface area (Å²) in [4.78, 5) is 38.3. The predicted octanol–water partition coefficient (Wildman–Crippen LogP) is 21.8. The molecule has 0 aromatic rings. The maximum absolute atomic E-state index is 12.9. The number of ether oxygens (including phenoxy) is 3. The monoisotopic (exact) mass is 1020 g/mol. The number of unbranched alkanes of at least 4 members (excludes halogenated alkanes) is 40. The van der Waals surface area contributed by atoms with Gasteiger partial charge < -0.3 is 14.2 Å². The number of hydrogen-bond acceptors (Lipinski definition) is 6. The van der Waals surface area contributed by atoms with E-state index in [1.165, 1.54) is 218 Å². The zero-order valence-electron chi connectivity index (χ0n) is 48.9. The molecule has 0 rings (SSSR count). The van der Waals surface area contributed by atoms with E-state index in [9.17, 15) is 14.4 Å². The second-order valence-corrected chi connectivity index (χ2v) is 21.7. The Bertz CT molecular complexity index is 1270. The third-order valence-corrected chi connectivity index (χ3v) is 14.3. The average molecular weight is 1020 g/mol. The van der Waals surface area contributed by atoms with Gasteiger partial charge in [-0.15, -0.1) is 0 Å². The molecule has 0 saturated carbocycles. The number of carbonyl (C=O) groups excluding carboxylic acids is 3. The van der Waals surface area contributed by atoms with Crippen LogP contribution in [0.2, 0.25) is 0 Å². The van der Waals surface area contributed by atoms with Crippen LogP contribution in [0, 0.1) is 0 Å². The molecule has 0 aliphatic rings. The van der Waals surface area contributed by atoms with E-state index in [0.717, 1.165) is 83.5 Å². The summed E-state index contributed by atoms with van der Waals surface area (Å²) in [6.07, 6.45) is 76.8. The van der Waals surface area contributed by atoms with E-state index in [0.29, 0.717) is 19.3 Å². The third-order valence-electron chi connectivity index (χ3n) is 14.3. The van der Waals surface area contributed by atoms with Gasteiger partial charge >= 0.3 is 17.9 Å². The van der Waals surface area contributed by atoms with Crippen molar-refractivity contribution in [2.45, 2.75) is 348 Å². The van der Waals surface area contributed by atoms with Crippen LogP contribution >= 0.6 is 0 Å². The van der Waals surface area contributed by atoms with Crippen LogP contribution in [0.15, 0.2) is 48.6 Å². The van der Waals surface area contributed by atoms with Crippen molar-refractivity contribution >= 4 is 17.9 Å². The fourth-order valence-corrected chi connectivity index (χ4v) is 9.56. The largest absolute Gasteiger partial charge is 0.462 e. The molecule has 0 heterocycles. The molecule has 0 amide bonds. The van der Waals surface area contributed by atoms with Gasteiger partial charge in [0.1, 0.15) is 13.2 Å². The van der Waals surface area contributed by atoms with Gasteiger partial charge in [0, 0.05) is 19.3 Å². The lowest BCUT2D eigenvalue weighted by molar-refractivity contribution is -0.167. The molecular formula is C67H122O6. The van der Waals surface area contributed by atoms with Gasteiger partial charge in [0.05, 0.1) is 0 Å². The lowest BCUT2D eigenvalue weighted by atomic mass is 10.0. The van der Waals surface area contributed by atoms with Crippen LogP contribution in [0.25, 0.3) is 0 Å². The summed E-state index contributed by atoms with van der Waals surface area (Å²) in [5, 5.41) is 0. The molecule has 0 N–H and O–H groups in total. The van der Waals surface area contributed by atoms with E-state index >= 15 is 0 Å². The molecule has 0 aliphatic heterocycles. The van der Waals surface area contributed by atoms with Crippen molar-refractivity contribution < 1.29 is 28.6 Å². The molecule has 0 aromatic heterocycles. The van der Waals surface area contributed by atoms with Gasteiger partial charge in [-0.3, -0.25) is 14.4 Å². The summed E-state index contributed by atoms with van der Waals surface area (Å²) in [6, 6.07) is 0. The Hall–Kier alpha value is -2.63. The second kappa shape index (κ2) is 61.9. The van der Waals surface area contributed by atoms with Gasteiger partial charge in [-0.2, -0.15) is 0 Å². The first-order valence-electron chi connectivity index (χ1n) is 32.1. The molecule has 426 valence electrons. The molecule has 0 spiro atoms. The quantitative estimate of drug-likeness (QED) is 0.0261. The van der Waals surface area contributed by atoms with Crippen LogP contribution in [0.5, 0.6) is 0 Å². The average Bonchev–Trinajstić information content (AvgIpc) is 3.39. The van der Waals surface area contributed by atoms with Gasteiger partial charge in [-0.05, 0) is 57.8 Å². The van der Waals surface area contributed by atoms with Crippen LogP contribution in [0.4, 0.5) is 0 Å². The molecule has 0 bridgehead atoms. The Morgan fingerprint density at radius 3 is 0.836 bits per heavy atom. The number of hydrogen-bond donors (Lipinski definition) is 0. The standard InChI is InChI=1S/C67H122O6/c1-4-7-10-13-16-19-22-25-28-30-32-33-34-35-36-38-39-42-45-48-51-54-57-60-66(69)72-63-64(62-71-65(68)59-56-53-50-47-44-41-27-24-21-18-15-12-9-6-3)73-67(70)61-58-55-52-49-46-43-40-37-31-29-26-23-20-17-14-11-8-5-2/h7,10,16,19,25,28,32-33,64H,4-6,8-9,11-15,17-18,20-24,26-27,29-31,34-63H2,1-3H3/b10-7-,19-16-,28-25-,33-32-. The van der Waals surface area contributed by atoms with E-state index in [-0.39, 0.29) is 31.1 Å². The summed E-state index contributed by atoms with van der Waals surface area (Å²) in [6.45, 7) is 6.59. The summed E-state index contributed by atoms with van der Waals surface area (Å²) in [7, 11) is 0. The maximum atomic E-state index is 12.9. The smallest absolute Gasteiger partial charge is 0.306 e. The Morgan fingerprint density at radius 2 is 0.534 bits per heavy atom. The molecule has 0 aliphatic carbocycles. The summed E-state index contributed by atoms with van der Waals surface area (Å²) < 4.78 is 17.0.